The molecule has 0 bridgehead atoms. The molecule has 1 unspecified atom stereocenters. The smallest absolute Gasteiger partial charge is 0.263 e. The van der Waals surface area contributed by atoms with Crippen LogP contribution in [0.3, 0.4) is 0 Å². The molecule has 3 aromatic rings. The van der Waals surface area contributed by atoms with Crippen molar-refractivity contribution in [3.8, 4) is 23.2 Å². The van der Waals surface area contributed by atoms with Gasteiger partial charge in [0.2, 0.25) is 11.7 Å². The van der Waals surface area contributed by atoms with Gasteiger partial charge in [-0.2, -0.15) is 10.2 Å². The largest absolute Gasteiger partial charge is 0.481 e. The second kappa shape index (κ2) is 9.81. The molecule has 2 aromatic carbocycles. The highest BCUT2D eigenvalue weighted by Crippen LogP contribution is 2.20. The van der Waals surface area contributed by atoms with Gasteiger partial charge in [-0.05, 0) is 55.5 Å². The van der Waals surface area contributed by atoms with Crippen LogP contribution in [0.4, 0.5) is 0 Å². The molecule has 0 radical (unpaired) electrons. The quantitative estimate of drug-likeness (QED) is 0.566. The molecule has 8 nitrogen and oxygen atoms in total. The van der Waals surface area contributed by atoms with E-state index in [4.69, 9.17) is 26.1 Å². The molecule has 2 heterocycles. The van der Waals surface area contributed by atoms with Crippen LogP contribution in [0.2, 0.25) is 5.02 Å². The lowest BCUT2D eigenvalue weighted by Gasteiger charge is -2.35. The Hall–Kier alpha value is -3.41. The molecule has 0 N–H and O–H groups in total. The number of ether oxygens (including phenoxy) is 1. The molecule has 1 fully saturated rings. The Morgan fingerprint density at radius 3 is 2.50 bits per heavy atom. The van der Waals surface area contributed by atoms with Gasteiger partial charge in [-0.1, -0.05) is 16.8 Å². The molecule has 32 heavy (non-hydrogen) atoms. The molecule has 0 spiro atoms. The van der Waals surface area contributed by atoms with Crippen LogP contribution in [-0.2, 0) is 11.3 Å². The van der Waals surface area contributed by atoms with E-state index in [1.165, 1.54) is 0 Å². The Balaban J connectivity index is 1.27. The van der Waals surface area contributed by atoms with Crippen LogP contribution in [0.25, 0.3) is 11.4 Å². The third kappa shape index (κ3) is 5.25. The fraction of sp³-hybridized carbons (Fsp3) is 0.304. The van der Waals surface area contributed by atoms with E-state index in [0.29, 0.717) is 60.8 Å². The molecule has 0 saturated carbocycles. The van der Waals surface area contributed by atoms with Gasteiger partial charge < -0.3 is 14.2 Å². The van der Waals surface area contributed by atoms with E-state index in [1.54, 1.807) is 48.2 Å². The zero-order valence-corrected chi connectivity index (χ0v) is 18.3. The van der Waals surface area contributed by atoms with E-state index in [0.717, 1.165) is 5.56 Å². The van der Waals surface area contributed by atoms with Gasteiger partial charge in [0.15, 0.2) is 6.10 Å². The number of halogens is 1. The lowest BCUT2D eigenvalue weighted by Crippen LogP contribution is -2.51. The van der Waals surface area contributed by atoms with Crippen LogP contribution in [0.5, 0.6) is 5.75 Å². The number of rotatable bonds is 6. The highest BCUT2D eigenvalue weighted by molar-refractivity contribution is 6.30. The second-order valence-electron chi connectivity index (χ2n) is 7.52. The molecule has 1 amide bonds. The van der Waals surface area contributed by atoms with E-state index in [1.807, 2.05) is 12.1 Å². The van der Waals surface area contributed by atoms with Gasteiger partial charge in [0, 0.05) is 36.8 Å². The number of piperazine rings is 1. The van der Waals surface area contributed by atoms with Gasteiger partial charge in [0.25, 0.3) is 5.91 Å². The molecular weight excluding hydrogens is 430 g/mol. The first kappa shape index (κ1) is 21.8. The summed E-state index contributed by atoms with van der Waals surface area (Å²) in [6, 6.07) is 16.1. The minimum atomic E-state index is -0.604. The van der Waals surface area contributed by atoms with Gasteiger partial charge in [0.05, 0.1) is 18.2 Å². The summed E-state index contributed by atoms with van der Waals surface area (Å²) in [7, 11) is 0. The van der Waals surface area contributed by atoms with Gasteiger partial charge >= 0.3 is 0 Å². The van der Waals surface area contributed by atoms with Crippen LogP contribution in [0, 0.1) is 11.3 Å². The van der Waals surface area contributed by atoms with Crippen molar-refractivity contribution in [3.63, 3.8) is 0 Å². The molecule has 164 valence electrons. The van der Waals surface area contributed by atoms with Crippen LogP contribution >= 0.6 is 11.6 Å². The summed E-state index contributed by atoms with van der Waals surface area (Å²) in [4.78, 5) is 21.2. The second-order valence-corrected chi connectivity index (χ2v) is 7.95. The summed E-state index contributed by atoms with van der Waals surface area (Å²) in [5, 5.41) is 13.6. The molecule has 1 aliphatic rings. The summed E-state index contributed by atoms with van der Waals surface area (Å²) in [6.07, 6.45) is -0.604. The number of hydrogen-bond donors (Lipinski definition) is 0. The number of amides is 1. The summed E-state index contributed by atoms with van der Waals surface area (Å²) in [5.74, 6) is 1.57. The Labute approximate surface area is 190 Å². The first-order chi connectivity index (χ1) is 15.5. The fourth-order valence-corrected chi connectivity index (χ4v) is 3.60. The summed E-state index contributed by atoms with van der Waals surface area (Å²) < 4.78 is 11.1. The number of benzene rings is 2. The molecule has 1 aromatic heterocycles. The zero-order valence-electron chi connectivity index (χ0n) is 17.6. The Bertz CT molecular complexity index is 1100. The standard InChI is InChI=1S/C23H22ClN5O3/c1-16(31-20-8-2-17(14-25)3-9-20)23(30)29-12-10-28(11-13-29)15-21-26-22(27-32-21)18-4-6-19(24)7-5-18/h2-9,16H,10-13,15H2,1H3. The highest BCUT2D eigenvalue weighted by atomic mass is 35.5. The van der Waals surface area contributed by atoms with Crippen LogP contribution in [0.1, 0.15) is 18.4 Å². The summed E-state index contributed by atoms with van der Waals surface area (Å²) in [6.45, 7) is 4.86. The average Bonchev–Trinajstić information content (AvgIpc) is 3.28. The van der Waals surface area contributed by atoms with Crippen molar-refractivity contribution >= 4 is 17.5 Å². The normalized spacial score (nSPS) is 15.2. The van der Waals surface area contributed by atoms with E-state index in [9.17, 15) is 4.79 Å². The lowest BCUT2D eigenvalue weighted by atomic mass is 10.2. The molecule has 1 aliphatic heterocycles. The molecule has 4 rings (SSSR count). The predicted molar refractivity (Wildman–Crippen MR) is 118 cm³/mol. The monoisotopic (exact) mass is 451 g/mol. The average molecular weight is 452 g/mol. The highest BCUT2D eigenvalue weighted by Gasteiger charge is 2.27. The maximum Gasteiger partial charge on any atom is 0.263 e. The lowest BCUT2D eigenvalue weighted by molar-refractivity contribution is -0.139. The molecule has 9 heteroatoms. The first-order valence-electron chi connectivity index (χ1n) is 10.3. The number of aromatic nitrogens is 2. The van der Waals surface area contributed by atoms with Crippen molar-refractivity contribution in [2.24, 2.45) is 0 Å². The van der Waals surface area contributed by atoms with Crippen molar-refractivity contribution in [2.75, 3.05) is 26.2 Å². The zero-order chi connectivity index (χ0) is 22.5. The van der Waals surface area contributed by atoms with Crippen LogP contribution in [-0.4, -0.2) is 58.1 Å². The Morgan fingerprint density at radius 1 is 1.16 bits per heavy atom. The number of nitriles is 1. The SMILES string of the molecule is CC(Oc1ccc(C#N)cc1)C(=O)N1CCN(Cc2nc(-c3ccc(Cl)cc3)no2)CC1. The number of hydrogen-bond acceptors (Lipinski definition) is 7. The van der Waals surface area contributed by atoms with E-state index < -0.39 is 6.10 Å². The van der Waals surface area contributed by atoms with Crippen molar-refractivity contribution in [2.45, 2.75) is 19.6 Å². The van der Waals surface area contributed by atoms with Crippen molar-refractivity contribution in [3.05, 3.63) is 65.0 Å². The van der Waals surface area contributed by atoms with Gasteiger partial charge in [-0.3, -0.25) is 9.69 Å². The van der Waals surface area contributed by atoms with Gasteiger partial charge in [0.1, 0.15) is 5.75 Å². The molecular formula is C23H22ClN5O3. The first-order valence-corrected chi connectivity index (χ1v) is 10.7. The number of carbonyl (C=O) groups is 1. The van der Waals surface area contributed by atoms with Crippen molar-refractivity contribution < 1.29 is 14.1 Å². The van der Waals surface area contributed by atoms with E-state index in [-0.39, 0.29) is 5.91 Å². The minimum absolute atomic E-state index is 0.0585. The maximum atomic E-state index is 12.8. The molecule has 0 aliphatic carbocycles. The van der Waals surface area contributed by atoms with Gasteiger partial charge in [-0.15, -0.1) is 0 Å². The van der Waals surface area contributed by atoms with E-state index in [2.05, 4.69) is 21.1 Å². The summed E-state index contributed by atoms with van der Waals surface area (Å²) >= 11 is 5.92. The maximum absolute atomic E-state index is 12.8. The Morgan fingerprint density at radius 2 is 1.84 bits per heavy atom. The van der Waals surface area contributed by atoms with Gasteiger partial charge in [-0.25, -0.2) is 0 Å². The molecule has 1 atom stereocenters. The Kier molecular flexibility index (Phi) is 6.69. The third-order valence-electron chi connectivity index (χ3n) is 5.26. The fourth-order valence-electron chi connectivity index (χ4n) is 3.47. The third-order valence-corrected chi connectivity index (χ3v) is 5.51. The number of carbonyl (C=O) groups excluding carboxylic acids is 1. The van der Waals surface area contributed by atoms with Crippen LogP contribution < -0.4 is 4.74 Å². The van der Waals surface area contributed by atoms with Crippen molar-refractivity contribution in [1.29, 1.82) is 5.26 Å². The van der Waals surface area contributed by atoms with Crippen molar-refractivity contribution in [1.82, 2.24) is 19.9 Å². The molecule has 1 saturated heterocycles. The van der Waals surface area contributed by atoms with E-state index >= 15 is 0 Å². The minimum Gasteiger partial charge on any atom is -0.481 e. The topological polar surface area (TPSA) is 95.5 Å². The van der Waals surface area contributed by atoms with Crippen LogP contribution in [0.15, 0.2) is 53.1 Å². The summed E-state index contributed by atoms with van der Waals surface area (Å²) in [5.41, 5.74) is 1.39. The predicted octanol–water partition coefficient (Wildman–Crippen LogP) is 3.37. The number of nitrogens with zero attached hydrogens (tertiary/aromatic N) is 5.